The number of nitrogens with zero attached hydrogens (tertiary/aromatic N) is 3. The number of fused-ring (bicyclic) bond motifs is 1. The van der Waals surface area contributed by atoms with Crippen LogP contribution in [0.4, 0.5) is 0 Å². The maximum absolute atomic E-state index is 13.8. The molecule has 1 aliphatic rings. The van der Waals surface area contributed by atoms with E-state index in [9.17, 15) is 14.4 Å². The van der Waals surface area contributed by atoms with Crippen molar-refractivity contribution in [2.45, 2.75) is 32.1 Å². The number of esters is 1. The Labute approximate surface area is 211 Å². The number of amides is 2. The maximum atomic E-state index is 13.8. The number of benzene rings is 2. The number of carbonyl (C=O) groups excluding carboxylic acids is 3. The normalized spacial score (nSPS) is 17.0. The van der Waals surface area contributed by atoms with Crippen LogP contribution in [0.15, 0.2) is 59.3 Å². The second-order valence-corrected chi connectivity index (χ2v) is 9.27. The standard InChI is InChI=1S/C25H25BrN4O5/c1-25(24(33)27-12-16-7-5-4-6-8-16)14-29-15-28-20(23(32)35-3)21(29)22(31)30(25)13-17-11-18(26)9-10-19(17)34-2/h4-11,15H,12-14H2,1-3H3,(H,27,33)/t25-/m0/s1. The predicted molar refractivity (Wildman–Crippen MR) is 131 cm³/mol. The van der Waals surface area contributed by atoms with E-state index in [1.165, 1.54) is 22.9 Å². The topological polar surface area (TPSA) is 103 Å². The first-order chi connectivity index (χ1) is 16.8. The van der Waals surface area contributed by atoms with Gasteiger partial charge in [-0.15, -0.1) is 0 Å². The van der Waals surface area contributed by atoms with E-state index in [0.717, 1.165) is 10.0 Å². The zero-order chi connectivity index (χ0) is 25.2. The molecule has 0 fully saturated rings. The highest BCUT2D eigenvalue weighted by Crippen LogP contribution is 2.33. The van der Waals surface area contributed by atoms with Gasteiger partial charge < -0.3 is 24.3 Å². The molecule has 0 saturated heterocycles. The molecule has 1 aromatic heterocycles. The maximum Gasteiger partial charge on any atom is 0.359 e. The van der Waals surface area contributed by atoms with Crippen molar-refractivity contribution in [2.24, 2.45) is 0 Å². The number of imidazole rings is 1. The number of nitrogens with one attached hydrogen (secondary N) is 1. The van der Waals surface area contributed by atoms with Crippen molar-refractivity contribution in [1.82, 2.24) is 19.8 Å². The molecule has 9 nitrogen and oxygen atoms in total. The highest BCUT2D eigenvalue weighted by Gasteiger charge is 2.49. The van der Waals surface area contributed by atoms with Gasteiger partial charge in [0, 0.05) is 16.6 Å². The van der Waals surface area contributed by atoms with Gasteiger partial charge >= 0.3 is 5.97 Å². The third-order valence-corrected chi connectivity index (χ3v) is 6.59. The molecule has 35 heavy (non-hydrogen) atoms. The summed E-state index contributed by atoms with van der Waals surface area (Å²) < 4.78 is 12.6. The largest absolute Gasteiger partial charge is 0.496 e. The molecule has 0 bridgehead atoms. The number of aromatic nitrogens is 2. The molecule has 2 heterocycles. The van der Waals surface area contributed by atoms with E-state index in [-0.39, 0.29) is 30.4 Å². The lowest BCUT2D eigenvalue weighted by molar-refractivity contribution is -0.133. The molecule has 182 valence electrons. The quantitative estimate of drug-likeness (QED) is 0.461. The van der Waals surface area contributed by atoms with Crippen molar-refractivity contribution in [3.63, 3.8) is 0 Å². The van der Waals surface area contributed by atoms with Gasteiger partial charge in [-0.05, 0) is 30.7 Å². The molecule has 10 heteroatoms. The van der Waals surface area contributed by atoms with E-state index < -0.39 is 17.4 Å². The van der Waals surface area contributed by atoms with Crippen molar-refractivity contribution in [2.75, 3.05) is 14.2 Å². The average Bonchev–Trinajstić information content (AvgIpc) is 3.29. The van der Waals surface area contributed by atoms with Crippen LogP contribution in [0, 0.1) is 0 Å². The third-order valence-electron chi connectivity index (χ3n) is 6.09. The van der Waals surface area contributed by atoms with Gasteiger partial charge in [-0.1, -0.05) is 46.3 Å². The number of methoxy groups -OCH3 is 2. The Kier molecular flexibility index (Phi) is 6.93. The summed E-state index contributed by atoms with van der Waals surface area (Å²) in [6.45, 7) is 2.19. The molecule has 3 aromatic rings. The SMILES string of the molecule is COC(=O)c1ncn2c1C(=O)N(Cc1cc(Br)ccc1OC)[C@](C)(C(=O)NCc1ccccc1)C2. The van der Waals surface area contributed by atoms with E-state index in [1.807, 2.05) is 42.5 Å². The molecule has 1 atom stereocenters. The Bertz CT molecular complexity index is 1280. The molecule has 0 radical (unpaired) electrons. The van der Waals surface area contributed by atoms with Crippen molar-refractivity contribution in [3.05, 3.63) is 81.8 Å². The third kappa shape index (κ3) is 4.66. The summed E-state index contributed by atoms with van der Waals surface area (Å²) in [6.07, 6.45) is 1.39. The molecule has 0 spiro atoms. The van der Waals surface area contributed by atoms with Crippen molar-refractivity contribution in [1.29, 1.82) is 0 Å². The average molecular weight is 541 g/mol. The summed E-state index contributed by atoms with van der Waals surface area (Å²) in [6, 6.07) is 15.0. The molecule has 0 saturated carbocycles. The van der Waals surface area contributed by atoms with E-state index in [0.29, 0.717) is 17.9 Å². The summed E-state index contributed by atoms with van der Waals surface area (Å²) >= 11 is 3.46. The zero-order valence-corrected chi connectivity index (χ0v) is 21.2. The summed E-state index contributed by atoms with van der Waals surface area (Å²) in [5.41, 5.74) is 0.350. The van der Waals surface area contributed by atoms with Gasteiger partial charge in [0.25, 0.3) is 5.91 Å². The molecule has 1 N–H and O–H groups in total. The Hall–Kier alpha value is -3.66. The minimum atomic E-state index is -1.28. The molecular formula is C25H25BrN4O5. The van der Waals surface area contributed by atoms with Crippen LogP contribution in [-0.2, 0) is 29.2 Å². The minimum Gasteiger partial charge on any atom is -0.496 e. The molecule has 4 rings (SSSR count). The second-order valence-electron chi connectivity index (χ2n) is 8.35. The molecule has 1 aliphatic heterocycles. The van der Waals surface area contributed by atoms with Crippen LogP contribution in [-0.4, -0.2) is 52.0 Å². The van der Waals surface area contributed by atoms with Crippen LogP contribution in [0.25, 0.3) is 0 Å². The summed E-state index contributed by atoms with van der Waals surface area (Å²) in [5.74, 6) is -0.985. The molecule has 2 aromatic carbocycles. The van der Waals surface area contributed by atoms with Crippen LogP contribution in [0.2, 0.25) is 0 Å². The number of halogens is 1. The van der Waals surface area contributed by atoms with Crippen molar-refractivity contribution >= 4 is 33.7 Å². The van der Waals surface area contributed by atoms with Gasteiger partial charge in [0.2, 0.25) is 5.91 Å². The monoisotopic (exact) mass is 540 g/mol. The zero-order valence-electron chi connectivity index (χ0n) is 19.6. The van der Waals surface area contributed by atoms with E-state index in [2.05, 4.69) is 26.2 Å². The minimum absolute atomic E-state index is 0.0719. The first-order valence-electron chi connectivity index (χ1n) is 10.9. The van der Waals surface area contributed by atoms with Gasteiger partial charge in [0.15, 0.2) is 5.69 Å². The summed E-state index contributed by atoms with van der Waals surface area (Å²) in [7, 11) is 2.77. The molecule has 0 aliphatic carbocycles. The van der Waals surface area contributed by atoms with Crippen LogP contribution >= 0.6 is 15.9 Å². The lowest BCUT2D eigenvalue weighted by atomic mass is 9.93. The van der Waals surface area contributed by atoms with Crippen molar-refractivity contribution in [3.8, 4) is 5.75 Å². The highest BCUT2D eigenvalue weighted by atomic mass is 79.9. The summed E-state index contributed by atoms with van der Waals surface area (Å²) in [4.78, 5) is 45.3. The predicted octanol–water partition coefficient (Wildman–Crippen LogP) is 3.17. The van der Waals surface area contributed by atoms with Crippen LogP contribution in [0.1, 0.15) is 39.0 Å². The van der Waals surface area contributed by atoms with Gasteiger partial charge in [-0.25, -0.2) is 9.78 Å². The number of ether oxygens (including phenoxy) is 2. The number of hydrogen-bond acceptors (Lipinski definition) is 6. The Morgan fingerprint density at radius 3 is 2.60 bits per heavy atom. The molecule has 0 unspecified atom stereocenters. The van der Waals surface area contributed by atoms with Gasteiger partial charge in [-0.2, -0.15) is 0 Å². The highest BCUT2D eigenvalue weighted by molar-refractivity contribution is 9.10. The molecular weight excluding hydrogens is 516 g/mol. The fourth-order valence-corrected chi connectivity index (χ4v) is 4.60. The first kappa shape index (κ1) is 24.5. The Morgan fingerprint density at radius 2 is 1.91 bits per heavy atom. The van der Waals surface area contributed by atoms with Gasteiger partial charge in [-0.3, -0.25) is 9.59 Å². The van der Waals surface area contributed by atoms with Crippen LogP contribution < -0.4 is 10.1 Å². The summed E-state index contributed by atoms with van der Waals surface area (Å²) in [5, 5.41) is 2.96. The number of rotatable bonds is 7. The smallest absolute Gasteiger partial charge is 0.359 e. The van der Waals surface area contributed by atoms with E-state index >= 15 is 0 Å². The second kappa shape index (κ2) is 9.91. The van der Waals surface area contributed by atoms with Crippen LogP contribution in [0.5, 0.6) is 5.75 Å². The number of carbonyl (C=O) groups is 3. The van der Waals surface area contributed by atoms with Gasteiger partial charge in [0.05, 0.1) is 33.6 Å². The lowest BCUT2D eigenvalue weighted by Gasteiger charge is -2.44. The van der Waals surface area contributed by atoms with E-state index in [4.69, 9.17) is 9.47 Å². The fourth-order valence-electron chi connectivity index (χ4n) is 4.19. The van der Waals surface area contributed by atoms with E-state index in [1.54, 1.807) is 20.1 Å². The lowest BCUT2D eigenvalue weighted by Crippen LogP contribution is -2.63. The van der Waals surface area contributed by atoms with Gasteiger partial charge in [0.1, 0.15) is 17.0 Å². The van der Waals surface area contributed by atoms with Crippen molar-refractivity contribution < 1.29 is 23.9 Å². The Balaban J connectivity index is 1.74. The first-order valence-corrected chi connectivity index (χ1v) is 11.7. The molecule has 2 amide bonds. The fraction of sp³-hybridized carbons (Fsp3) is 0.280. The number of hydrogen-bond donors (Lipinski definition) is 1. The Morgan fingerprint density at radius 1 is 1.17 bits per heavy atom. The van der Waals surface area contributed by atoms with Crippen LogP contribution in [0.3, 0.4) is 0 Å².